The molecule has 0 spiro atoms. The summed E-state index contributed by atoms with van der Waals surface area (Å²) >= 11 is 1.93. The summed E-state index contributed by atoms with van der Waals surface area (Å²) in [5, 5.41) is 12.3. The molecule has 8 atom stereocenters. The number of aliphatic hydroxyl groups is 1. The second kappa shape index (κ2) is 10.8. The van der Waals surface area contributed by atoms with E-state index in [-0.39, 0.29) is 6.10 Å². The van der Waals surface area contributed by atoms with Crippen LogP contribution in [-0.2, 0) is 4.74 Å². The monoisotopic (exact) mass is 521 g/mol. The molecule has 2 fully saturated rings. The van der Waals surface area contributed by atoms with E-state index in [9.17, 15) is 5.11 Å². The van der Waals surface area contributed by atoms with Gasteiger partial charge >= 0.3 is 0 Å². The predicted molar refractivity (Wildman–Crippen MR) is 150 cm³/mol. The first-order valence-electron chi connectivity index (χ1n) is 14.7. The molecule has 1 saturated heterocycles. The van der Waals surface area contributed by atoms with E-state index in [1.54, 1.807) is 12.7 Å². The van der Waals surface area contributed by atoms with E-state index >= 15 is 0 Å². The molecule has 5 heteroatoms. The zero-order valence-electron chi connectivity index (χ0n) is 22.7. The van der Waals surface area contributed by atoms with Crippen molar-refractivity contribution < 1.29 is 14.6 Å². The fraction of sp³-hybridized carbons (Fsp3) is 0.656. The van der Waals surface area contributed by atoms with E-state index < -0.39 is 6.29 Å². The van der Waals surface area contributed by atoms with Crippen LogP contribution in [0.3, 0.4) is 0 Å². The smallest absolute Gasteiger partial charge is 0.155 e. The molecule has 200 valence electrons. The van der Waals surface area contributed by atoms with Gasteiger partial charge < -0.3 is 14.6 Å². The lowest BCUT2D eigenvalue weighted by atomic mass is 9.67. The van der Waals surface area contributed by atoms with E-state index in [1.165, 1.54) is 54.7 Å². The van der Waals surface area contributed by atoms with Gasteiger partial charge in [0, 0.05) is 22.8 Å². The number of nitrogens with zero attached hydrogens (tertiary/aromatic N) is 1. The molecule has 1 aromatic heterocycles. The zero-order valence-corrected chi connectivity index (χ0v) is 23.5. The van der Waals surface area contributed by atoms with E-state index in [4.69, 9.17) is 14.5 Å². The van der Waals surface area contributed by atoms with E-state index in [0.717, 1.165) is 30.0 Å². The molecule has 6 unspecified atom stereocenters. The Kier molecular flexibility index (Phi) is 7.48. The maximum Gasteiger partial charge on any atom is 0.155 e. The third kappa shape index (κ3) is 4.92. The number of fused-ring (bicyclic) bond motifs is 8. The van der Waals surface area contributed by atoms with Crippen LogP contribution in [0, 0.1) is 23.7 Å². The first-order valence-corrected chi connectivity index (χ1v) is 15.6. The Labute approximate surface area is 226 Å². The summed E-state index contributed by atoms with van der Waals surface area (Å²) in [6.45, 7) is 4.62. The quantitative estimate of drug-likeness (QED) is 0.415. The SMILES string of the molecule is CCC1CCCCC(C)CC2=C[C@H]3C4CCCC4c4sc(-c5ccc(OC)cc5)nc4[C@H]3C2CC(O)O1. The Morgan fingerprint density at radius 2 is 1.86 bits per heavy atom. The van der Waals surface area contributed by atoms with Crippen molar-refractivity contribution >= 4 is 11.3 Å². The van der Waals surface area contributed by atoms with Gasteiger partial charge in [0.25, 0.3) is 0 Å². The Morgan fingerprint density at radius 3 is 2.65 bits per heavy atom. The number of allylic oxidation sites excluding steroid dienone is 2. The van der Waals surface area contributed by atoms with Crippen molar-refractivity contribution in [1.82, 2.24) is 4.98 Å². The number of hydrogen-bond acceptors (Lipinski definition) is 5. The lowest BCUT2D eigenvalue weighted by Crippen LogP contribution is -2.32. The molecular weight excluding hydrogens is 478 g/mol. The molecule has 6 rings (SSSR count). The molecule has 1 aliphatic heterocycles. The Morgan fingerprint density at radius 1 is 1.05 bits per heavy atom. The molecule has 37 heavy (non-hydrogen) atoms. The first kappa shape index (κ1) is 25.6. The number of ether oxygens (including phenoxy) is 2. The number of thiazole rings is 1. The third-order valence-electron chi connectivity index (χ3n) is 9.78. The minimum absolute atomic E-state index is 0.163. The summed E-state index contributed by atoms with van der Waals surface area (Å²) in [7, 11) is 1.72. The second-order valence-corrected chi connectivity index (χ2v) is 13.1. The summed E-state index contributed by atoms with van der Waals surface area (Å²) < 4.78 is 11.6. The highest BCUT2D eigenvalue weighted by atomic mass is 32.1. The maximum atomic E-state index is 11.2. The van der Waals surface area contributed by atoms with Gasteiger partial charge in [-0.15, -0.1) is 11.3 Å². The van der Waals surface area contributed by atoms with Gasteiger partial charge in [0.2, 0.25) is 0 Å². The van der Waals surface area contributed by atoms with Gasteiger partial charge in [0.1, 0.15) is 10.8 Å². The van der Waals surface area contributed by atoms with E-state index in [1.807, 2.05) is 23.5 Å². The largest absolute Gasteiger partial charge is 0.497 e. The van der Waals surface area contributed by atoms with Crippen LogP contribution in [0.2, 0.25) is 0 Å². The summed E-state index contributed by atoms with van der Waals surface area (Å²) in [5.41, 5.74) is 4.09. The van der Waals surface area contributed by atoms with Crippen LogP contribution in [0.15, 0.2) is 35.9 Å². The van der Waals surface area contributed by atoms with Crippen molar-refractivity contribution in [3.63, 3.8) is 0 Å². The topological polar surface area (TPSA) is 51.6 Å². The molecule has 3 aliphatic carbocycles. The fourth-order valence-corrected chi connectivity index (χ4v) is 9.30. The number of methoxy groups -OCH3 is 1. The molecule has 4 aliphatic rings. The number of benzene rings is 1. The highest BCUT2D eigenvalue weighted by molar-refractivity contribution is 7.15. The first-order chi connectivity index (χ1) is 18.1. The van der Waals surface area contributed by atoms with Crippen LogP contribution >= 0.6 is 11.3 Å². The molecule has 0 radical (unpaired) electrons. The fourth-order valence-electron chi connectivity index (χ4n) is 7.97. The van der Waals surface area contributed by atoms with Crippen LogP contribution in [0.5, 0.6) is 5.75 Å². The van der Waals surface area contributed by atoms with Crippen molar-refractivity contribution in [2.45, 2.75) is 102 Å². The number of hydrogen-bond donors (Lipinski definition) is 1. The highest BCUT2D eigenvalue weighted by Crippen LogP contribution is 2.62. The van der Waals surface area contributed by atoms with Gasteiger partial charge in [-0.05, 0) is 86.0 Å². The van der Waals surface area contributed by atoms with Crippen LogP contribution in [0.25, 0.3) is 10.6 Å². The Balaban J connectivity index is 1.38. The Bertz CT molecular complexity index is 1110. The zero-order chi connectivity index (χ0) is 25.5. The summed E-state index contributed by atoms with van der Waals surface area (Å²) in [5.74, 6) is 4.18. The molecule has 0 bridgehead atoms. The number of rotatable bonds is 3. The Hall–Kier alpha value is -1.69. The number of aliphatic hydroxyl groups excluding tert-OH is 1. The standard InChI is InChI=1S/C32H43NO3S/c1-4-22-9-6-5-8-19(2)16-21-17-27-24-10-7-11-25(24)31-30(29(27)26(21)18-28(34)36-22)33-32(37-31)20-12-14-23(35-3)15-13-20/h12-15,17,19,22,24-29,34H,4-11,16,18H2,1-3H3/t19?,22?,24?,25?,26?,27-,28?,29-/m0/s1. The molecule has 4 nitrogen and oxygen atoms in total. The molecule has 2 aromatic rings. The van der Waals surface area contributed by atoms with Gasteiger partial charge in [-0.3, -0.25) is 0 Å². The van der Waals surface area contributed by atoms with Crippen LogP contribution in [-0.4, -0.2) is 29.6 Å². The molecule has 2 heterocycles. The summed E-state index contributed by atoms with van der Waals surface area (Å²) in [4.78, 5) is 6.93. The molecular formula is C32H43NO3S. The average Bonchev–Trinajstić information content (AvgIpc) is 3.63. The lowest BCUT2D eigenvalue weighted by molar-refractivity contribution is -0.148. The van der Waals surface area contributed by atoms with Gasteiger partial charge in [-0.2, -0.15) is 0 Å². The van der Waals surface area contributed by atoms with Crippen LogP contribution < -0.4 is 4.74 Å². The summed E-state index contributed by atoms with van der Waals surface area (Å²) in [6, 6.07) is 8.37. The van der Waals surface area contributed by atoms with E-state index in [2.05, 4.69) is 32.1 Å². The normalized spacial score (nSPS) is 35.8. The minimum atomic E-state index is -0.698. The van der Waals surface area contributed by atoms with Gasteiger partial charge in [0.15, 0.2) is 6.29 Å². The van der Waals surface area contributed by atoms with Gasteiger partial charge in [0.05, 0.1) is 18.9 Å². The predicted octanol–water partition coefficient (Wildman–Crippen LogP) is 8.08. The average molecular weight is 522 g/mol. The molecule has 1 N–H and O–H groups in total. The van der Waals surface area contributed by atoms with Crippen LogP contribution in [0.4, 0.5) is 0 Å². The molecule has 1 aromatic carbocycles. The lowest BCUT2D eigenvalue weighted by Gasteiger charge is -2.38. The highest BCUT2D eigenvalue weighted by Gasteiger charge is 2.52. The second-order valence-electron chi connectivity index (χ2n) is 12.1. The minimum Gasteiger partial charge on any atom is -0.497 e. The van der Waals surface area contributed by atoms with Crippen molar-refractivity contribution in [2.24, 2.45) is 23.7 Å². The van der Waals surface area contributed by atoms with Crippen molar-refractivity contribution in [1.29, 1.82) is 0 Å². The van der Waals surface area contributed by atoms with Crippen molar-refractivity contribution in [2.75, 3.05) is 7.11 Å². The van der Waals surface area contributed by atoms with Gasteiger partial charge in [-0.1, -0.05) is 51.2 Å². The number of aromatic nitrogens is 1. The maximum absolute atomic E-state index is 11.2. The molecule has 1 saturated carbocycles. The van der Waals surface area contributed by atoms with Crippen molar-refractivity contribution in [3.05, 3.63) is 46.5 Å². The molecule has 0 amide bonds. The van der Waals surface area contributed by atoms with E-state index in [0.29, 0.717) is 41.9 Å². The van der Waals surface area contributed by atoms with Gasteiger partial charge in [-0.25, -0.2) is 4.98 Å². The third-order valence-corrected chi connectivity index (χ3v) is 11.0. The van der Waals surface area contributed by atoms with Crippen molar-refractivity contribution in [3.8, 4) is 16.3 Å². The van der Waals surface area contributed by atoms with Crippen LogP contribution in [0.1, 0.15) is 100 Å². The summed E-state index contributed by atoms with van der Waals surface area (Å²) in [6.07, 6.45) is 13.7.